The van der Waals surface area contributed by atoms with Crippen molar-refractivity contribution < 1.29 is 19.1 Å². The van der Waals surface area contributed by atoms with Crippen LogP contribution in [0.3, 0.4) is 0 Å². The van der Waals surface area contributed by atoms with Crippen LogP contribution >= 0.6 is 0 Å². The third kappa shape index (κ3) is 7.68. The average molecular weight is 321 g/mol. The van der Waals surface area contributed by atoms with Gasteiger partial charge in [0.05, 0.1) is 13.0 Å². The summed E-state index contributed by atoms with van der Waals surface area (Å²) in [5.74, 6) is 0.580. The standard InChI is InChI=1S/C18H27NO4/c1-5-22-18(21)10-11-19(12-14(2)3)17(20)13-23-16-8-6-15(4)7-9-16/h6-9,14H,5,10-13H2,1-4H3. The zero-order chi connectivity index (χ0) is 17.2. The summed E-state index contributed by atoms with van der Waals surface area (Å²) in [6, 6.07) is 7.56. The van der Waals surface area contributed by atoms with Gasteiger partial charge in [0.2, 0.25) is 0 Å². The molecule has 0 saturated carbocycles. The second-order valence-corrected chi connectivity index (χ2v) is 5.89. The smallest absolute Gasteiger partial charge is 0.307 e. The van der Waals surface area contributed by atoms with E-state index in [1.54, 1.807) is 11.8 Å². The van der Waals surface area contributed by atoms with Crippen LogP contribution in [0.4, 0.5) is 0 Å². The molecule has 0 spiro atoms. The highest BCUT2D eigenvalue weighted by Crippen LogP contribution is 2.12. The Morgan fingerprint density at radius 3 is 2.39 bits per heavy atom. The lowest BCUT2D eigenvalue weighted by Crippen LogP contribution is -2.39. The van der Waals surface area contributed by atoms with E-state index in [0.717, 1.165) is 5.56 Å². The minimum atomic E-state index is -0.284. The van der Waals surface area contributed by atoms with Gasteiger partial charge in [-0.3, -0.25) is 9.59 Å². The molecule has 0 aromatic heterocycles. The lowest BCUT2D eigenvalue weighted by Gasteiger charge is -2.24. The number of hydrogen-bond acceptors (Lipinski definition) is 4. The van der Waals surface area contributed by atoms with Crippen LogP contribution in [0.1, 0.15) is 32.8 Å². The van der Waals surface area contributed by atoms with Crippen molar-refractivity contribution in [3.8, 4) is 5.75 Å². The van der Waals surface area contributed by atoms with Crippen molar-refractivity contribution in [3.63, 3.8) is 0 Å². The summed E-state index contributed by atoms with van der Waals surface area (Å²) >= 11 is 0. The summed E-state index contributed by atoms with van der Waals surface area (Å²) < 4.78 is 10.4. The number of esters is 1. The summed E-state index contributed by atoms with van der Waals surface area (Å²) in [6.45, 7) is 9.10. The minimum absolute atomic E-state index is 0.0292. The first kappa shape index (κ1) is 19.0. The largest absolute Gasteiger partial charge is 0.484 e. The van der Waals surface area contributed by atoms with Gasteiger partial charge in [-0.25, -0.2) is 0 Å². The third-order valence-electron chi connectivity index (χ3n) is 3.21. The van der Waals surface area contributed by atoms with Crippen molar-refractivity contribution in [2.45, 2.75) is 34.1 Å². The number of aryl methyl sites for hydroxylation is 1. The van der Waals surface area contributed by atoms with Crippen LogP contribution in [-0.2, 0) is 14.3 Å². The lowest BCUT2D eigenvalue weighted by molar-refractivity contribution is -0.144. The van der Waals surface area contributed by atoms with E-state index in [2.05, 4.69) is 0 Å². The van der Waals surface area contributed by atoms with Crippen LogP contribution in [0.15, 0.2) is 24.3 Å². The molecule has 128 valence electrons. The molecule has 0 heterocycles. The Bertz CT molecular complexity index is 496. The highest BCUT2D eigenvalue weighted by Gasteiger charge is 2.17. The lowest BCUT2D eigenvalue weighted by atomic mass is 10.2. The van der Waals surface area contributed by atoms with E-state index in [1.165, 1.54) is 0 Å². The maximum Gasteiger partial charge on any atom is 0.307 e. The molecule has 5 nitrogen and oxygen atoms in total. The number of rotatable bonds is 9. The number of ether oxygens (including phenoxy) is 2. The third-order valence-corrected chi connectivity index (χ3v) is 3.21. The van der Waals surface area contributed by atoms with Crippen molar-refractivity contribution in [3.05, 3.63) is 29.8 Å². The Kier molecular flexibility index (Phi) is 8.16. The number of nitrogens with zero attached hydrogens (tertiary/aromatic N) is 1. The van der Waals surface area contributed by atoms with Gasteiger partial charge < -0.3 is 14.4 Å². The Morgan fingerprint density at radius 2 is 1.83 bits per heavy atom. The van der Waals surface area contributed by atoms with Crippen molar-refractivity contribution in [1.82, 2.24) is 4.90 Å². The van der Waals surface area contributed by atoms with Crippen molar-refractivity contribution >= 4 is 11.9 Å². The van der Waals surface area contributed by atoms with Crippen molar-refractivity contribution in [1.29, 1.82) is 0 Å². The van der Waals surface area contributed by atoms with E-state index in [4.69, 9.17) is 9.47 Å². The first-order chi connectivity index (χ1) is 10.9. The van der Waals surface area contributed by atoms with Gasteiger partial charge >= 0.3 is 5.97 Å². The summed E-state index contributed by atoms with van der Waals surface area (Å²) in [4.78, 5) is 25.5. The van der Waals surface area contributed by atoms with Crippen molar-refractivity contribution in [2.75, 3.05) is 26.3 Å². The molecule has 5 heteroatoms. The Hall–Kier alpha value is -2.04. The molecule has 0 atom stereocenters. The molecule has 23 heavy (non-hydrogen) atoms. The molecule has 0 bridgehead atoms. The molecule has 0 N–H and O–H groups in total. The minimum Gasteiger partial charge on any atom is -0.484 e. The highest BCUT2D eigenvalue weighted by molar-refractivity contribution is 5.78. The SMILES string of the molecule is CCOC(=O)CCN(CC(C)C)C(=O)COc1ccc(C)cc1. The first-order valence-corrected chi connectivity index (χ1v) is 8.05. The Labute approximate surface area is 138 Å². The van der Waals surface area contributed by atoms with Crippen LogP contribution in [-0.4, -0.2) is 43.1 Å². The fourth-order valence-corrected chi connectivity index (χ4v) is 2.09. The van der Waals surface area contributed by atoms with Crippen LogP contribution in [0.2, 0.25) is 0 Å². The van der Waals surface area contributed by atoms with Gasteiger partial charge in [-0.05, 0) is 31.9 Å². The molecular weight excluding hydrogens is 294 g/mol. The molecule has 0 fully saturated rings. The first-order valence-electron chi connectivity index (χ1n) is 8.05. The zero-order valence-electron chi connectivity index (χ0n) is 14.5. The molecule has 0 aliphatic rings. The van der Waals surface area contributed by atoms with Crippen LogP contribution < -0.4 is 4.74 Å². The number of amides is 1. The van der Waals surface area contributed by atoms with Gasteiger partial charge in [-0.15, -0.1) is 0 Å². The maximum atomic E-state index is 12.3. The summed E-state index contributed by atoms with van der Waals surface area (Å²) in [5, 5.41) is 0. The average Bonchev–Trinajstić information content (AvgIpc) is 2.50. The van der Waals surface area contributed by atoms with Crippen molar-refractivity contribution in [2.24, 2.45) is 5.92 Å². The number of hydrogen-bond donors (Lipinski definition) is 0. The van der Waals surface area contributed by atoms with E-state index in [9.17, 15) is 9.59 Å². The second-order valence-electron chi connectivity index (χ2n) is 5.89. The molecule has 1 aromatic rings. The Morgan fingerprint density at radius 1 is 1.17 bits per heavy atom. The van der Waals surface area contributed by atoms with E-state index >= 15 is 0 Å². The number of carbonyl (C=O) groups excluding carboxylic acids is 2. The van der Waals surface area contributed by atoms with Crippen LogP contribution in [0.5, 0.6) is 5.75 Å². The molecule has 0 saturated heterocycles. The van der Waals surface area contributed by atoms with E-state index < -0.39 is 0 Å². The summed E-state index contributed by atoms with van der Waals surface area (Å²) in [6.07, 6.45) is 0.205. The molecule has 0 radical (unpaired) electrons. The fraction of sp³-hybridized carbons (Fsp3) is 0.556. The Balaban J connectivity index is 2.53. The quantitative estimate of drug-likeness (QED) is 0.656. The van der Waals surface area contributed by atoms with Gasteiger partial charge in [0, 0.05) is 13.1 Å². The van der Waals surface area contributed by atoms with Gasteiger partial charge in [0.25, 0.3) is 5.91 Å². The second kappa shape index (κ2) is 9.87. The topological polar surface area (TPSA) is 55.8 Å². The molecular formula is C18H27NO4. The predicted octanol–water partition coefficient (Wildman–Crippen LogP) is 2.81. The van der Waals surface area contributed by atoms with Gasteiger partial charge in [0.1, 0.15) is 5.75 Å². The molecule has 1 rings (SSSR count). The monoisotopic (exact) mass is 321 g/mol. The van der Waals surface area contributed by atoms with E-state index in [-0.39, 0.29) is 24.9 Å². The predicted molar refractivity (Wildman–Crippen MR) is 89.3 cm³/mol. The van der Waals surface area contributed by atoms with E-state index in [0.29, 0.717) is 31.4 Å². The zero-order valence-corrected chi connectivity index (χ0v) is 14.5. The van der Waals surface area contributed by atoms with E-state index in [1.807, 2.05) is 45.0 Å². The van der Waals surface area contributed by atoms with Crippen LogP contribution in [0, 0.1) is 12.8 Å². The summed E-state index contributed by atoms with van der Waals surface area (Å²) in [5.41, 5.74) is 1.14. The molecule has 1 aromatic carbocycles. The molecule has 0 aliphatic heterocycles. The number of benzene rings is 1. The maximum absolute atomic E-state index is 12.3. The summed E-state index contributed by atoms with van der Waals surface area (Å²) in [7, 11) is 0. The normalized spacial score (nSPS) is 10.5. The van der Waals surface area contributed by atoms with Gasteiger partial charge in [-0.1, -0.05) is 31.5 Å². The molecule has 0 aliphatic carbocycles. The van der Waals surface area contributed by atoms with Gasteiger partial charge in [-0.2, -0.15) is 0 Å². The fourth-order valence-electron chi connectivity index (χ4n) is 2.09. The highest BCUT2D eigenvalue weighted by atomic mass is 16.5. The number of carbonyl (C=O) groups is 2. The molecule has 1 amide bonds. The van der Waals surface area contributed by atoms with Gasteiger partial charge in [0.15, 0.2) is 6.61 Å². The van der Waals surface area contributed by atoms with Crippen LogP contribution in [0.25, 0.3) is 0 Å². The molecule has 0 unspecified atom stereocenters.